The lowest BCUT2D eigenvalue weighted by atomic mass is 9.95. The van der Waals surface area contributed by atoms with Crippen molar-refractivity contribution in [3.05, 3.63) is 69.2 Å². The van der Waals surface area contributed by atoms with Gasteiger partial charge >= 0.3 is 0 Å². The molecular weight excluding hydrogens is 439 g/mol. The summed E-state index contributed by atoms with van der Waals surface area (Å²) in [5, 5.41) is 11.6. The van der Waals surface area contributed by atoms with Gasteiger partial charge in [0.1, 0.15) is 11.5 Å². The average Bonchev–Trinajstić information content (AvgIpc) is 3.00. The maximum absolute atomic E-state index is 13.0. The SMILES string of the molecule is COc1cccc(C2/C(=C(/O)c3ccc(Cl)c(Cl)c3)C(=O)C(=O)N2CCCN(C)C)c1. The summed E-state index contributed by atoms with van der Waals surface area (Å²) < 4.78 is 5.32. The van der Waals surface area contributed by atoms with E-state index in [1.165, 1.54) is 17.0 Å². The molecule has 1 atom stereocenters. The number of rotatable bonds is 7. The van der Waals surface area contributed by atoms with E-state index in [-0.39, 0.29) is 16.4 Å². The first-order valence-corrected chi connectivity index (χ1v) is 10.5. The van der Waals surface area contributed by atoms with Crippen LogP contribution in [0.25, 0.3) is 5.76 Å². The number of methoxy groups -OCH3 is 1. The zero-order chi connectivity index (χ0) is 22.7. The maximum atomic E-state index is 13.0. The van der Waals surface area contributed by atoms with Crippen LogP contribution in [0.3, 0.4) is 0 Å². The molecule has 1 saturated heterocycles. The fraction of sp³-hybridized carbons (Fsp3) is 0.304. The monoisotopic (exact) mass is 462 g/mol. The fourth-order valence-electron chi connectivity index (χ4n) is 3.63. The number of likely N-dealkylation sites (tertiary alicyclic amines) is 1. The number of halogens is 2. The van der Waals surface area contributed by atoms with Crippen molar-refractivity contribution in [2.45, 2.75) is 12.5 Å². The second-order valence-corrected chi connectivity index (χ2v) is 8.37. The zero-order valence-corrected chi connectivity index (χ0v) is 19.1. The number of aliphatic hydroxyl groups is 1. The summed E-state index contributed by atoms with van der Waals surface area (Å²) in [6.07, 6.45) is 0.674. The zero-order valence-electron chi connectivity index (χ0n) is 17.6. The van der Waals surface area contributed by atoms with Gasteiger partial charge in [0, 0.05) is 12.1 Å². The number of aliphatic hydroxyl groups excluding tert-OH is 1. The molecule has 31 heavy (non-hydrogen) atoms. The number of ether oxygens (including phenoxy) is 1. The molecule has 1 aliphatic rings. The van der Waals surface area contributed by atoms with Crippen LogP contribution in [-0.4, -0.2) is 60.9 Å². The van der Waals surface area contributed by atoms with Gasteiger partial charge in [0.05, 0.1) is 28.8 Å². The van der Waals surface area contributed by atoms with Crippen LogP contribution in [0.4, 0.5) is 0 Å². The van der Waals surface area contributed by atoms with Crippen LogP contribution in [0.2, 0.25) is 10.0 Å². The molecule has 1 aliphatic heterocycles. The summed E-state index contributed by atoms with van der Waals surface area (Å²) in [5.41, 5.74) is 1.00. The molecule has 0 saturated carbocycles. The Morgan fingerprint density at radius 2 is 1.87 bits per heavy atom. The third kappa shape index (κ3) is 4.87. The van der Waals surface area contributed by atoms with Crippen LogP contribution < -0.4 is 4.74 Å². The Morgan fingerprint density at radius 1 is 1.13 bits per heavy atom. The van der Waals surface area contributed by atoms with E-state index in [1.807, 2.05) is 19.0 Å². The lowest BCUT2D eigenvalue weighted by Gasteiger charge is -2.26. The van der Waals surface area contributed by atoms with Crippen LogP contribution in [0.1, 0.15) is 23.6 Å². The lowest BCUT2D eigenvalue weighted by Crippen LogP contribution is -2.32. The van der Waals surface area contributed by atoms with E-state index in [0.29, 0.717) is 34.9 Å². The molecule has 0 spiro atoms. The molecule has 1 fully saturated rings. The van der Waals surface area contributed by atoms with Gasteiger partial charge in [0.2, 0.25) is 0 Å². The summed E-state index contributed by atoms with van der Waals surface area (Å²) >= 11 is 12.1. The highest BCUT2D eigenvalue weighted by Gasteiger charge is 2.45. The largest absolute Gasteiger partial charge is 0.507 e. The number of hydrogen-bond acceptors (Lipinski definition) is 5. The van der Waals surface area contributed by atoms with Gasteiger partial charge in [-0.15, -0.1) is 0 Å². The molecule has 2 aromatic carbocycles. The van der Waals surface area contributed by atoms with E-state index in [0.717, 1.165) is 6.54 Å². The van der Waals surface area contributed by atoms with E-state index in [2.05, 4.69) is 0 Å². The molecule has 164 valence electrons. The highest BCUT2D eigenvalue weighted by molar-refractivity contribution is 6.46. The van der Waals surface area contributed by atoms with Gasteiger partial charge in [-0.2, -0.15) is 0 Å². The fourth-order valence-corrected chi connectivity index (χ4v) is 3.92. The summed E-state index contributed by atoms with van der Waals surface area (Å²) in [5.74, 6) is -1.08. The highest BCUT2D eigenvalue weighted by atomic mass is 35.5. The summed E-state index contributed by atoms with van der Waals surface area (Å²) in [4.78, 5) is 29.4. The topological polar surface area (TPSA) is 70.1 Å². The van der Waals surface area contributed by atoms with E-state index >= 15 is 0 Å². The number of carbonyl (C=O) groups is 2. The quantitative estimate of drug-likeness (QED) is 0.375. The molecule has 1 amide bonds. The van der Waals surface area contributed by atoms with Crippen LogP contribution in [-0.2, 0) is 9.59 Å². The van der Waals surface area contributed by atoms with Gasteiger partial charge in [0.25, 0.3) is 11.7 Å². The minimum Gasteiger partial charge on any atom is -0.507 e. The van der Waals surface area contributed by atoms with Gasteiger partial charge < -0.3 is 19.6 Å². The second kappa shape index (κ2) is 9.73. The summed E-state index contributed by atoms with van der Waals surface area (Å²) in [7, 11) is 5.43. The van der Waals surface area contributed by atoms with E-state index < -0.39 is 17.7 Å². The molecule has 0 aromatic heterocycles. The second-order valence-electron chi connectivity index (χ2n) is 7.55. The number of Topliss-reactive ketones (excluding diaryl/α,β-unsaturated/α-hetero) is 1. The predicted octanol–water partition coefficient (Wildman–Crippen LogP) is 4.38. The van der Waals surface area contributed by atoms with Crippen molar-refractivity contribution < 1.29 is 19.4 Å². The van der Waals surface area contributed by atoms with Gasteiger partial charge in [-0.05, 0) is 63.0 Å². The van der Waals surface area contributed by atoms with Gasteiger partial charge in [-0.1, -0.05) is 35.3 Å². The van der Waals surface area contributed by atoms with Gasteiger partial charge in [-0.3, -0.25) is 9.59 Å². The maximum Gasteiger partial charge on any atom is 0.295 e. The molecule has 0 aliphatic carbocycles. The predicted molar refractivity (Wildman–Crippen MR) is 122 cm³/mol. The van der Waals surface area contributed by atoms with Crippen molar-refractivity contribution in [2.75, 3.05) is 34.3 Å². The van der Waals surface area contributed by atoms with Crippen LogP contribution >= 0.6 is 23.2 Å². The number of carbonyl (C=O) groups excluding carboxylic acids is 2. The van der Waals surface area contributed by atoms with Crippen molar-refractivity contribution >= 4 is 40.7 Å². The summed E-state index contributed by atoms with van der Waals surface area (Å²) in [6.45, 7) is 1.11. The van der Waals surface area contributed by atoms with Gasteiger partial charge in [-0.25, -0.2) is 0 Å². The Bertz CT molecular complexity index is 1040. The van der Waals surface area contributed by atoms with E-state index in [9.17, 15) is 14.7 Å². The molecule has 0 bridgehead atoms. The molecule has 3 rings (SSSR count). The first kappa shape index (κ1) is 23.1. The Kier molecular flexibility index (Phi) is 7.26. The lowest BCUT2D eigenvalue weighted by molar-refractivity contribution is -0.139. The number of hydrogen-bond donors (Lipinski definition) is 1. The number of benzene rings is 2. The molecule has 1 unspecified atom stereocenters. The molecule has 1 heterocycles. The van der Waals surface area contributed by atoms with Crippen molar-refractivity contribution in [2.24, 2.45) is 0 Å². The average molecular weight is 463 g/mol. The Labute approximate surface area is 191 Å². The minimum atomic E-state index is -0.744. The van der Waals surface area contributed by atoms with Crippen molar-refractivity contribution in [1.29, 1.82) is 0 Å². The van der Waals surface area contributed by atoms with Gasteiger partial charge in [0.15, 0.2) is 0 Å². The number of ketones is 1. The van der Waals surface area contributed by atoms with Crippen molar-refractivity contribution in [3.8, 4) is 5.75 Å². The first-order chi connectivity index (χ1) is 14.7. The third-order valence-corrected chi connectivity index (χ3v) is 5.89. The van der Waals surface area contributed by atoms with Crippen LogP contribution in [0.15, 0.2) is 48.0 Å². The van der Waals surface area contributed by atoms with Crippen molar-refractivity contribution in [1.82, 2.24) is 9.80 Å². The smallest absolute Gasteiger partial charge is 0.295 e. The molecule has 2 aromatic rings. The molecule has 6 nitrogen and oxygen atoms in total. The van der Waals surface area contributed by atoms with Crippen molar-refractivity contribution in [3.63, 3.8) is 0 Å². The van der Waals surface area contributed by atoms with Crippen LogP contribution in [0.5, 0.6) is 5.75 Å². The van der Waals surface area contributed by atoms with Crippen LogP contribution in [0, 0.1) is 0 Å². The highest BCUT2D eigenvalue weighted by Crippen LogP contribution is 2.40. The molecule has 0 radical (unpaired) electrons. The molecule has 8 heteroatoms. The van der Waals surface area contributed by atoms with E-state index in [1.54, 1.807) is 37.4 Å². The van der Waals surface area contributed by atoms with E-state index in [4.69, 9.17) is 27.9 Å². The first-order valence-electron chi connectivity index (χ1n) is 9.77. The normalized spacial score (nSPS) is 18.1. The standard InChI is InChI=1S/C23H24Cl2N2O4/c1-26(2)10-5-11-27-20(14-6-4-7-16(12-14)31-3)19(22(29)23(27)30)21(28)15-8-9-17(24)18(25)13-15/h4,6-9,12-13,20,28H,5,10-11H2,1-3H3/b21-19-. The minimum absolute atomic E-state index is 0.0153. The Balaban J connectivity index is 2.13. The Morgan fingerprint density at radius 3 is 2.52 bits per heavy atom. The molecular formula is C23H24Cl2N2O4. The number of amides is 1. The number of nitrogens with zero attached hydrogens (tertiary/aromatic N) is 2. The Hall–Kier alpha value is -2.54. The summed E-state index contributed by atoms with van der Waals surface area (Å²) in [6, 6.07) is 11.0. The third-order valence-electron chi connectivity index (χ3n) is 5.15. The molecule has 1 N–H and O–H groups in total.